The molecular formula is C92H93ClN30O. The third-order valence-electron chi connectivity index (χ3n) is 25.3. The summed E-state index contributed by atoms with van der Waals surface area (Å²) in [4.78, 5) is 69.7. The van der Waals surface area contributed by atoms with Gasteiger partial charge >= 0.3 is 0 Å². The van der Waals surface area contributed by atoms with Gasteiger partial charge in [-0.1, -0.05) is 11.6 Å². The molecule has 0 aromatic carbocycles. The second-order valence-corrected chi connectivity index (χ2v) is 34.9. The third kappa shape index (κ3) is 13.7. The van der Waals surface area contributed by atoms with Crippen LogP contribution in [0.25, 0.3) is 56.5 Å². The number of imidazole rings is 5. The Morgan fingerprint density at radius 3 is 1.01 bits per heavy atom. The topological polar surface area (TPSA) is 311 Å². The van der Waals surface area contributed by atoms with Crippen LogP contribution in [0.4, 0.5) is 0 Å². The first kappa shape index (κ1) is 77.6. The molecule has 5 aliphatic carbocycles. The molecule has 20 heterocycles. The molecule has 20 aromatic rings. The van der Waals surface area contributed by atoms with E-state index in [0.29, 0.717) is 64.2 Å². The zero-order valence-corrected chi connectivity index (χ0v) is 73.0. The first-order valence-corrected chi connectivity index (χ1v) is 42.7. The number of aryl methyl sites for hydroxylation is 16. The lowest BCUT2D eigenvalue weighted by molar-refractivity contribution is 0.411. The van der Waals surface area contributed by atoms with Crippen molar-refractivity contribution >= 4 is 68.1 Å². The van der Waals surface area contributed by atoms with Crippen LogP contribution in [0.3, 0.4) is 0 Å². The van der Waals surface area contributed by atoms with Crippen molar-refractivity contribution in [1.82, 2.24) is 145 Å². The van der Waals surface area contributed by atoms with E-state index in [-0.39, 0.29) is 0 Å². The Balaban J connectivity index is 0.0000000950. The molecule has 0 amide bonds. The molecule has 0 saturated heterocycles. The molecule has 0 N–H and O–H groups in total. The zero-order valence-electron chi connectivity index (χ0n) is 72.2. The summed E-state index contributed by atoms with van der Waals surface area (Å²) in [5.41, 5.74) is 31.5. The minimum atomic E-state index is 0.312. The van der Waals surface area contributed by atoms with Gasteiger partial charge in [-0.15, -0.1) is 0 Å². The van der Waals surface area contributed by atoms with Gasteiger partial charge in [-0.25, -0.2) is 72.4 Å². The summed E-state index contributed by atoms with van der Waals surface area (Å²) in [6.45, 7) is 32.5. The van der Waals surface area contributed by atoms with Crippen LogP contribution in [0.1, 0.15) is 239 Å². The maximum Gasteiger partial charge on any atom is 0.177 e. The number of nitrogens with zero attached hydrogens (tertiary/aromatic N) is 30. The summed E-state index contributed by atoms with van der Waals surface area (Å²) < 4.78 is 25.4. The van der Waals surface area contributed by atoms with Gasteiger partial charge in [-0.05, 0) is 214 Å². The highest BCUT2D eigenvalue weighted by Gasteiger charge is 2.49. The van der Waals surface area contributed by atoms with E-state index in [1.54, 1.807) is 7.11 Å². The van der Waals surface area contributed by atoms with Gasteiger partial charge in [-0.3, -0.25) is 24.9 Å². The Hall–Kier alpha value is -13.7. The van der Waals surface area contributed by atoms with E-state index in [2.05, 4.69) is 156 Å². The first-order chi connectivity index (χ1) is 59.8. The fourth-order valence-corrected chi connectivity index (χ4v) is 17.9. The Morgan fingerprint density at radius 1 is 0.315 bits per heavy atom. The van der Waals surface area contributed by atoms with Crippen molar-refractivity contribution in [2.45, 2.75) is 202 Å². The van der Waals surface area contributed by atoms with Gasteiger partial charge in [0.05, 0.1) is 97.5 Å². The number of halogens is 1. The molecule has 124 heavy (non-hydrogen) atoms. The lowest BCUT2D eigenvalue weighted by Crippen LogP contribution is -1.97. The molecule has 624 valence electrons. The van der Waals surface area contributed by atoms with Crippen molar-refractivity contribution < 1.29 is 4.74 Å². The normalized spacial score (nSPS) is 19.9. The predicted molar refractivity (Wildman–Crippen MR) is 468 cm³/mol. The predicted octanol–water partition coefficient (Wildman–Crippen LogP) is 15.8. The van der Waals surface area contributed by atoms with E-state index in [9.17, 15) is 0 Å². The standard InChI is InChI=1S/C19H20N6O.2C19H20N6.C18H18N6.C17H15ClN6/c1-10-8-20-12(3)19-22-17(23-25(10)19)14-7-13(14)15-9-24-6-5-16(26-4)11(2)18(24)21-15;2*1-10-5-6-24-13(4)17(21-16(24)7-10)14-8-15(14)18-22-19-12(3)20-9-11(2)25(19)23-18;1-10-4-5-23-9-15(20-16(23)6-10)13-7-14(13)17-21-18-12(3)19-8-11(2)24(18)22-17;1-9-7-19-10(2)16-21-15(22-24(9)16)12-6-11(12)14-8-23-5-3-4-13(18)17(23)20-14/h5-6,8-9,13-14H,7H2,1-4H3;2*5-7,9,14-15H,8H2,1-4H3;4-6,8-9,13-14H,7H2,1-3H3;3-5,7-8,11-12H,6H2,1-2H3. The van der Waals surface area contributed by atoms with Gasteiger partial charge in [0.2, 0.25) is 0 Å². The molecule has 0 radical (unpaired) electrons. The van der Waals surface area contributed by atoms with Crippen LogP contribution in [0, 0.1) is 111 Å². The zero-order chi connectivity index (χ0) is 85.4. The van der Waals surface area contributed by atoms with E-state index >= 15 is 0 Å². The molecule has 10 atom stereocenters. The van der Waals surface area contributed by atoms with Crippen LogP contribution in [0.2, 0.25) is 5.02 Å². The number of fused-ring (bicyclic) bond motifs is 10. The molecule has 5 aliphatic rings. The quantitative estimate of drug-likeness (QED) is 0.116. The molecule has 32 heteroatoms. The molecule has 5 fully saturated rings. The molecule has 0 aliphatic heterocycles. The van der Waals surface area contributed by atoms with Crippen LogP contribution >= 0.6 is 11.6 Å². The molecule has 10 unspecified atom stereocenters. The van der Waals surface area contributed by atoms with Crippen molar-refractivity contribution in [1.29, 1.82) is 0 Å². The highest BCUT2D eigenvalue weighted by atomic mass is 35.5. The monoisotopic (exact) mass is 1670 g/mol. The number of aromatic nitrogens is 30. The van der Waals surface area contributed by atoms with Crippen molar-refractivity contribution in [3.05, 3.63) is 288 Å². The number of rotatable bonds is 11. The number of pyridine rings is 5. The molecule has 20 aromatic heterocycles. The minimum Gasteiger partial charge on any atom is -0.496 e. The smallest absolute Gasteiger partial charge is 0.177 e. The van der Waals surface area contributed by atoms with E-state index in [1.165, 1.54) is 39.5 Å². The van der Waals surface area contributed by atoms with Crippen molar-refractivity contribution in [2.75, 3.05) is 7.11 Å². The number of hydrogen-bond donors (Lipinski definition) is 0. The van der Waals surface area contributed by atoms with Crippen LogP contribution in [-0.2, 0) is 0 Å². The highest BCUT2D eigenvalue weighted by Crippen LogP contribution is 2.58. The van der Waals surface area contributed by atoms with E-state index < -0.39 is 0 Å². The molecule has 0 bridgehead atoms. The van der Waals surface area contributed by atoms with Gasteiger partial charge in [-0.2, -0.15) is 25.5 Å². The molecule has 25 rings (SSSR count). The largest absolute Gasteiger partial charge is 0.496 e. The van der Waals surface area contributed by atoms with Gasteiger partial charge in [0.15, 0.2) is 63.0 Å². The SMILES string of the molecule is COc1ccn2cc(C3CC3c3nc4c(C)ncc(C)n4n3)nc2c1C.Cc1ccn2c(C)c(C3CC3c3nc4c(C)ncc(C)n4n3)nc2c1.Cc1ccn2c(C)c(C3CC3c3nc4c(C)ncc(C)n4n3)nc2c1.Cc1ccn2cc(C3CC3c3nc4c(C)ncc(C)n4n3)nc2c1.Cc1ncc(C)n2nc(C3CC3c3cn4cccc(Cl)c4n3)nc12. The average molecular weight is 1670 g/mol. The molecule has 0 spiro atoms. The maximum absolute atomic E-state index is 6.22. The Labute approximate surface area is 716 Å². The van der Waals surface area contributed by atoms with Crippen molar-refractivity contribution in [3.8, 4) is 5.75 Å². The minimum absolute atomic E-state index is 0.312. The summed E-state index contributed by atoms with van der Waals surface area (Å²) in [5, 5.41) is 24.3. The number of ether oxygens (including phenoxy) is 1. The highest BCUT2D eigenvalue weighted by molar-refractivity contribution is 6.33. The average Bonchev–Trinajstić information content (AvgIpc) is 1.60. The Kier molecular flexibility index (Phi) is 18.5. The van der Waals surface area contributed by atoms with E-state index in [0.717, 1.165) is 203 Å². The van der Waals surface area contributed by atoms with Gasteiger partial charge in [0.25, 0.3) is 0 Å². The maximum atomic E-state index is 6.22. The van der Waals surface area contributed by atoms with Gasteiger partial charge < -0.3 is 26.7 Å². The fourth-order valence-electron chi connectivity index (χ4n) is 17.6. The third-order valence-corrected chi connectivity index (χ3v) is 25.6. The van der Waals surface area contributed by atoms with E-state index in [4.69, 9.17) is 86.6 Å². The fraction of sp³-hybridized carbons (Fsp3) is 0.348. The summed E-state index contributed by atoms with van der Waals surface area (Å²) in [6.07, 6.45) is 31.0. The molecular weight excluding hydrogens is 1580 g/mol. The van der Waals surface area contributed by atoms with Crippen molar-refractivity contribution in [2.24, 2.45) is 0 Å². The van der Waals surface area contributed by atoms with E-state index in [1.807, 2.05) is 165 Å². The van der Waals surface area contributed by atoms with Crippen LogP contribution in [-0.4, -0.2) is 152 Å². The van der Waals surface area contributed by atoms with Gasteiger partial charge in [0.1, 0.15) is 28.3 Å². The second-order valence-electron chi connectivity index (χ2n) is 34.5. The second kappa shape index (κ2) is 29.5. The summed E-state index contributed by atoms with van der Waals surface area (Å²) in [5.74, 6) is 9.01. The summed E-state index contributed by atoms with van der Waals surface area (Å²) in [7, 11) is 1.69. The number of hydrogen-bond acceptors (Lipinski definition) is 21. The van der Waals surface area contributed by atoms with Gasteiger partial charge in [0, 0.05) is 157 Å². The first-order valence-electron chi connectivity index (χ1n) is 42.3. The number of methoxy groups -OCH3 is 1. The Morgan fingerprint density at radius 2 is 0.637 bits per heavy atom. The Bertz CT molecular complexity index is 7330. The van der Waals surface area contributed by atoms with Crippen LogP contribution in [0.5, 0.6) is 5.75 Å². The molecule has 31 nitrogen and oxygen atoms in total. The lowest BCUT2D eigenvalue weighted by atomic mass is 10.2. The van der Waals surface area contributed by atoms with Crippen LogP contribution in [0.15, 0.2) is 135 Å². The lowest BCUT2D eigenvalue weighted by Gasteiger charge is -2.04. The van der Waals surface area contributed by atoms with Crippen molar-refractivity contribution in [3.63, 3.8) is 0 Å². The summed E-state index contributed by atoms with van der Waals surface area (Å²) >= 11 is 6.22. The molecule has 5 saturated carbocycles. The van der Waals surface area contributed by atoms with Crippen LogP contribution < -0.4 is 4.74 Å². The summed E-state index contributed by atoms with van der Waals surface area (Å²) in [6, 6.07) is 18.5.